The van der Waals surface area contributed by atoms with Crippen molar-refractivity contribution in [3.63, 3.8) is 0 Å². The molecule has 2 aromatic carbocycles. The van der Waals surface area contributed by atoms with Crippen molar-refractivity contribution in [3.8, 4) is 11.8 Å². The van der Waals surface area contributed by atoms with Gasteiger partial charge in [0.2, 0.25) is 11.2 Å². The van der Waals surface area contributed by atoms with E-state index >= 15 is 0 Å². The molecule has 0 radical (unpaired) electrons. The minimum absolute atomic E-state index is 0.0760. The van der Waals surface area contributed by atoms with Gasteiger partial charge in [0.15, 0.2) is 0 Å². The van der Waals surface area contributed by atoms with Crippen LogP contribution in [-0.4, -0.2) is 23.4 Å². The summed E-state index contributed by atoms with van der Waals surface area (Å²) in [6, 6.07) is 16.5. The molecule has 0 aliphatic heterocycles. The van der Waals surface area contributed by atoms with Gasteiger partial charge in [-0.15, -0.1) is 0 Å². The van der Waals surface area contributed by atoms with E-state index in [1.807, 2.05) is 6.07 Å². The van der Waals surface area contributed by atoms with E-state index in [4.69, 9.17) is 16.3 Å². The largest absolute Gasteiger partial charge is 0.424 e. The van der Waals surface area contributed by atoms with Crippen LogP contribution in [-0.2, 0) is 10.0 Å². The van der Waals surface area contributed by atoms with Crippen molar-refractivity contribution >= 4 is 27.6 Å². The third-order valence-corrected chi connectivity index (χ3v) is 4.33. The summed E-state index contributed by atoms with van der Waals surface area (Å²) in [4.78, 5) is 11.6. The first-order valence-corrected chi connectivity index (χ1v) is 8.61. The number of rotatable bonds is 5. The predicted molar refractivity (Wildman–Crippen MR) is 88.6 cm³/mol. The minimum Gasteiger partial charge on any atom is -0.424 e. The molecule has 24 heavy (non-hydrogen) atoms. The molecule has 0 saturated heterocycles. The van der Waals surface area contributed by atoms with E-state index in [1.54, 1.807) is 42.5 Å². The van der Waals surface area contributed by atoms with Crippen molar-refractivity contribution in [2.24, 2.45) is 0 Å². The van der Waals surface area contributed by atoms with Gasteiger partial charge < -0.3 is 4.74 Å². The number of nitrogens with one attached hydrogen (secondary N) is 1. The maximum Gasteiger partial charge on any atom is 0.328 e. The molecule has 0 amide bonds. The monoisotopic (exact) mass is 362 g/mol. The summed E-state index contributed by atoms with van der Waals surface area (Å²) in [5, 5.41) is -0.193. The Morgan fingerprint density at radius 2 is 1.50 bits per heavy atom. The first-order chi connectivity index (χ1) is 11.5. The van der Waals surface area contributed by atoms with Gasteiger partial charge in [-0.2, -0.15) is 15.0 Å². The number of hydrogen-bond acceptors (Lipinski definition) is 6. The van der Waals surface area contributed by atoms with E-state index in [0.717, 1.165) is 0 Å². The fraction of sp³-hybridized carbons (Fsp3) is 0. The van der Waals surface area contributed by atoms with Gasteiger partial charge in [-0.3, -0.25) is 0 Å². The zero-order valence-corrected chi connectivity index (χ0v) is 13.7. The van der Waals surface area contributed by atoms with Gasteiger partial charge in [-0.25, -0.2) is 13.1 Å². The second kappa shape index (κ2) is 6.81. The molecule has 0 bridgehead atoms. The number of nitrogens with zero attached hydrogens (tertiary/aromatic N) is 3. The molecule has 9 heteroatoms. The molecule has 7 nitrogen and oxygen atoms in total. The summed E-state index contributed by atoms with van der Waals surface area (Å²) in [6.45, 7) is 0. The van der Waals surface area contributed by atoms with Crippen molar-refractivity contribution < 1.29 is 13.2 Å². The molecular weight excluding hydrogens is 352 g/mol. The second-order valence-corrected chi connectivity index (χ2v) is 6.56. The molecule has 1 N–H and O–H groups in total. The van der Waals surface area contributed by atoms with Crippen molar-refractivity contribution in [3.05, 3.63) is 65.9 Å². The zero-order valence-electron chi connectivity index (χ0n) is 12.1. The highest BCUT2D eigenvalue weighted by Crippen LogP contribution is 2.20. The molecule has 0 atom stereocenters. The Balaban J connectivity index is 1.87. The summed E-state index contributed by atoms with van der Waals surface area (Å²) >= 11 is 5.81. The van der Waals surface area contributed by atoms with Crippen LogP contribution >= 0.6 is 11.6 Å². The van der Waals surface area contributed by atoms with E-state index in [0.29, 0.717) is 5.75 Å². The van der Waals surface area contributed by atoms with E-state index < -0.39 is 10.0 Å². The number of para-hydroxylation sites is 1. The molecule has 3 aromatic rings. The molecule has 0 spiro atoms. The Morgan fingerprint density at radius 3 is 2.17 bits per heavy atom. The molecule has 1 aromatic heterocycles. The average molecular weight is 363 g/mol. The summed E-state index contributed by atoms with van der Waals surface area (Å²) < 4.78 is 32.3. The molecule has 1 heterocycles. The summed E-state index contributed by atoms with van der Waals surface area (Å²) in [6.07, 6.45) is 0. The summed E-state index contributed by atoms with van der Waals surface area (Å²) in [5.41, 5.74) is 0. The van der Waals surface area contributed by atoms with Crippen LogP contribution in [0.25, 0.3) is 0 Å². The Kier molecular flexibility index (Phi) is 4.59. The molecular formula is C15H11ClN4O3S. The lowest BCUT2D eigenvalue weighted by Crippen LogP contribution is -2.15. The Morgan fingerprint density at radius 1 is 0.875 bits per heavy atom. The van der Waals surface area contributed by atoms with Gasteiger partial charge in [0.05, 0.1) is 4.90 Å². The fourth-order valence-electron chi connectivity index (χ4n) is 1.80. The molecule has 3 rings (SSSR count). The second-order valence-electron chi connectivity index (χ2n) is 4.54. The van der Waals surface area contributed by atoms with Gasteiger partial charge in [0.25, 0.3) is 10.0 Å². The fourth-order valence-corrected chi connectivity index (χ4v) is 2.91. The van der Waals surface area contributed by atoms with Crippen LogP contribution in [0.3, 0.4) is 0 Å². The van der Waals surface area contributed by atoms with Crippen LogP contribution < -0.4 is 9.46 Å². The predicted octanol–water partition coefficient (Wildman–Crippen LogP) is 3.12. The first kappa shape index (κ1) is 16.2. The minimum atomic E-state index is -3.84. The number of aromatic nitrogens is 3. The van der Waals surface area contributed by atoms with E-state index in [1.165, 1.54) is 12.1 Å². The molecule has 0 fully saturated rings. The Bertz CT molecular complexity index is 937. The van der Waals surface area contributed by atoms with Crippen molar-refractivity contribution in [2.75, 3.05) is 4.72 Å². The van der Waals surface area contributed by atoms with Crippen LogP contribution in [0.5, 0.6) is 11.8 Å². The molecule has 122 valence electrons. The molecule has 0 aliphatic rings. The standard InChI is InChI=1S/C15H11ClN4O3S/c16-13-17-14(20-24(21,22)12-9-5-2-6-10-12)19-15(18-13)23-11-7-3-1-4-8-11/h1-10H,(H,17,18,19,20). The first-order valence-electron chi connectivity index (χ1n) is 6.75. The number of hydrogen-bond donors (Lipinski definition) is 1. The van der Waals surface area contributed by atoms with Gasteiger partial charge in [-0.1, -0.05) is 36.4 Å². The van der Waals surface area contributed by atoms with Crippen molar-refractivity contribution in [1.82, 2.24) is 15.0 Å². The zero-order chi connectivity index (χ0) is 17.0. The lowest BCUT2D eigenvalue weighted by Gasteiger charge is -2.08. The third-order valence-electron chi connectivity index (χ3n) is 2.82. The maximum absolute atomic E-state index is 12.3. The number of benzene rings is 2. The van der Waals surface area contributed by atoms with Crippen molar-refractivity contribution in [1.29, 1.82) is 0 Å². The quantitative estimate of drug-likeness (QED) is 0.749. The van der Waals surface area contributed by atoms with Crippen LogP contribution in [0.15, 0.2) is 65.6 Å². The topological polar surface area (TPSA) is 94.1 Å². The van der Waals surface area contributed by atoms with Crippen LogP contribution in [0.2, 0.25) is 5.28 Å². The molecule has 0 unspecified atom stereocenters. The molecule has 0 saturated carbocycles. The highest BCUT2D eigenvalue weighted by Gasteiger charge is 2.17. The number of sulfonamides is 1. The highest BCUT2D eigenvalue weighted by molar-refractivity contribution is 7.92. The molecule has 0 aliphatic carbocycles. The van der Waals surface area contributed by atoms with Gasteiger partial charge in [-0.05, 0) is 35.9 Å². The van der Waals surface area contributed by atoms with Gasteiger partial charge in [0, 0.05) is 0 Å². The normalized spacial score (nSPS) is 11.0. The number of anilines is 1. The van der Waals surface area contributed by atoms with Crippen LogP contribution in [0, 0.1) is 0 Å². The van der Waals surface area contributed by atoms with E-state index in [9.17, 15) is 8.42 Å². The lowest BCUT2D eigenvalue weighted by atomic mass is 10.3. The maximum atomic E-state index is 12.3. The van der Waals surface area contributed by atoms with Gasteiger partial charge in [0.1, 0.15) is 5.75 Å². The highest BCUT2D eigenvalue weighted by atomic mass is 35.5. The third kappa shape index (κ3) is 3.98. The average Bonchev–Trinajstić information content (AvgIpc) is 2.55. The van der Waals surface area contributed by atoms with E-state index in [2.05, 4.69) is 19.7 Å². The van der Waals surface area contributed by atoms with Crippen molar-refractivity contribution in [2.45, 2.75) is 4.90 Å². The van der Waals surface area contributed by atoms with E-state index in [-0.39, 0.29) is 22.1 Å². The Hall–Kier alpha value is -2.71. The summed E-state index contributed by atoms with van der Waals surface area (Å²) in [7, 11) is -3.84. The van der Waals surface area contributed by atoms with Crippen LogP contribution in [0.4, 0.5) is 5.95 Å². The number of halogens is 1. The lowest BCUT2D eigenvalue weighted by molar-refractivity contribution is 0.440. The Labute approximate surface area is 143 Å². The number of ether oxygens (including phenoxy) is 1. The summed E-state index contributed by atoms with van der Waals surface area (Å²) in [5.74, 6) is 0.251. The smallest absolute Gasteiger partial charge is 0.328 e. The van der Waals surface area contributed by atoms with Crippen LogP contribution in [0.1, 0.15) is 0 Å². The van der Waals surface area contributed by atoms with Gasteiger partial charge >= 0.3 is 6.01 Å². The SMILES string of the molecule is O=S(=O)(Nc1nc(Cl)nc(Oc2ccccc2)n1)c1ccccc1.